The first-order valence-electron chi connectivity index (χ1n) is 10.3. The van der Waals surface area contributed by atoms with Crippen LogP contribution in [0.5, 0.6) is 0 Å². The molecule has 1 aliphatic heterocycles. The second-order valence-electron chi connectivity index (χ2n) is 7.88. The van der Waals surface area contributed by atoms with Crippen LogP contribution in [0.2, 0.25) is 0 Å². The zero-order chi connectivity index (χ0) is 23.0. The van der Waals surface area contributed by atoms with Gasteiger partial charge in [0.1, 0.15) is 6.04 Å². The number of sulfonamides is 1. The molecule has 0 aliphatic carbocycles. The number of likely N-dealkylation sites (tertiary alicyclic amines) is 1. The fourth-order valence-electron chi connectivity index (χ4n) is 3.99. The van der Waals surface area contributed by atoms with E-state index in [1.54, 1.807) is 35.2 Å². The quantitative estimate of drug-likeness (QED) is 0.613. The van der Waals surface area contributed by atoms with Crippen LogP contribution in [0.25, 0.3) is 10.9 Å². The largest absolute Gasteiger partial charge is 0.341 e. The Balaban J connectivity index is 1.77. The van der Waals surface area contributed by atoms with E-state index in [1.807, 2.05) is 0 Å². The van der Waals surface area contributed by atoms with E-state index in [4.69, 9.17) is 0 Å². The van der Waals surface area contributed by atoms with Gasteiger partial charge in [-0.3, -0.25) is 18.7 Å². The third kappa shape index (κ3) is 3.87. The lowest BCUT2D eigenvalue weighted by Gasteiger charge is -2.24. The minimum atomic E-state index is -4.16. The highest BCUT2D eigenvalue weighted by Crippen LogP contribution is 2.23. The number of hydrogen-bond acceptors (Lipinski definition) is 5. The van der Waals surface area contributed by atoms with Crippen molar-refractivity contribution in [2.24, 2.45) is 14.1 Å². The second-order valence-corrected chi connectivity index (χ2v) is 9.60. The van der Waals surface area contributed by atoms with Gasteiger partial charge in [-0.25, -0.2) is 13.2 Å². The number of amides is 1. The topological polar surface area (TPSA) is 110 Å². The normalized spacial score (nSPS) is 15.2. The van der Waals surface area contributed by atoms with E-state index in [9.17, 15) is 22.8 Å². The summed E-state index contributed by atoms with van der Waals surface area (Å²) in [6.07, 6.45) is 1.76. The molecule has 0 radical (unpaired) electrons. The first-order valence-corrected chi connectivity index (χ1v) is 11.7. The smallest absolute Gasteiger partial charge is 0.330 e. The van der Waals surface area contributed by atoms with Crippen LogP contribution in [-0.2, 0) is 28.9 Å². The number of carbonyl (C=O) groups excluding carboxylic acids is 1. The van der Waals surface area contributed by atoms with E-state index >= 15 is 0 Å². The van der Waals surface area contributed by atoms with Gasteiger partial charge in [0.2, 0.25) is 15.9 Å². The van der Waals surface area contributed by atoms with Crippen molar-refractivity contribution >= 4 is 26.8 Å². The molecule has 168 valence electrons. The van der Waals surface area contributed by atoms with Crippen molar-refractivity contribution in [3.8, 4) is 0 Å². The number of carbonyl (C=O) groups is 1. The Labute approximate surface area is 184 Å². The molecule has 0 unspecified atom stereocenters. The van der Waals surface area contributed by atoms with Crippen molar-refractivity contribution in [2.45, 2.75) is 23.8 Å². The summed E-state index contributed by atoms with van der Waals surface area (Å²) < 4.78 is 31.3. The average Bonchev–Trinajstić information content (AvgIpc) is 3.34. The van der Waals surface area contributed by atoms with E-state index in [0.717, 1.165) is 17.4 Å². The van der Waals surface area contributed by atoms with Crippen LogP contribution in [0.15, 0.2) is 63.0 Å². The summed E-state index contributed by atoms with van der Waals surface area (Å²) in [6.45, 7) is 1.17. The zero-order valence-electron chi connectivity index (χ0n) is 17.8. The Bertz CT molecular complexity index is 1400. The van der Waals surface area contributed by atoms with Gasteiger partial charge in [-0.1, -0.05) is 30.3 Å². The molecule has 9 nitrogen and oxygen atoms in total. The van der Waals surface area contributed by atoms with Crippen molar-refractivity contribution in [3.05, 3.63) is 74.9 Å². The molecule has 2 heterocycles. The van der Waals surface area contributed by atoms with E-state index < -0.39 is 27.3 Å². The van der Waals surface area contributed by atoms with Gasteiger partial charge < -0.3 is 4.90 Å². The van der Waals surface area contributed by atoms with E-state index in [1.165, 1.54) is 36.9 Å². The van der Waals surface area contributed by atoms with Crippen molar-refractivity contribution in [1.29, 1.82) is 0 Å². The first kappa shape index (κ1) is 22.0. The summed E-state index contributed by atoms with van der Waals surface area (Å²) in [5, 5.41) is 0.0969. The zero-order valence-corrected chi connectivity index (χ0v) is 18.6. The molecule has 10 heteroatoms. The van der Waals surface area contributed by atoms with E-state index in [2.05, 4.69) is 4.72 Å². The number of nitrogens with one attached hydrogen (secondary N) is 1. The lowest BCUT2D eigenvalue weighted by atomic mass is 10.1. The van der Waals surface area contributed by atoms with E-state index in [0.29, 0.717) is 24.2 Å². The number of nitrogens with zero attached hydrogens (tertiary/aromatic N) is 3. The minimum absolute atomic E-state index is 0.0969. The predicted molar refractivity (Wildman–Crippen MR) is 120 cm³/mol. The molecule has 0 spiro atoms. The molecule has 1 atom stereocenters. The maximum Gasteiger partial charge on any atom is 0.330 e. The predicted octanol–water partition coefficient (Wildman–Crippen LogP) is 0.879. The third-order valence-electron chi connectivity index (χ3n) is 5.82. The molecule has 1 saturated heterocycles. The van der Waals surface area contributed by atoms with Gasteiger partial charge in [-0.05, 0) is 36.6 Å². The van der Waals surface area contributed by atoms with Gasteiger partial charge in [0.15, 0.2) is 0 Å². The van der Waals surface area contributed by atoms with Gasteiger partial charge in [0.25, 0.3) is 5.56 Å². The van der Waals surface area contributed by atoms with Crippen LogP contribution >= 0.6 is 0 Å². The van der Waals surface area contributed by atoms with Gasteiger partial charge >= 0.3 is 5.69 Å². The Morgan fingerprint density at radius 1 is 0.969 bits per heavy atom. The van der Waals surface area contributed by atoms with Crippen LogP contribution in [0, 0.1) is 0 Å². The van der Waals surface area contributed by atoms with Gasteiger partial charge in [-0.15, -0.1) is 0 Å². The highest BCUT2D eigenvalue weighted by atomic mass is 32.2. The fourth-order valence-corrected chi connectivity index (χ4v) is 5.19. The average molecular weight is 457 g/mol. The standard InChI is InChI=1S/C22H24N4O5S/c1-24-18-11-10-16(14-17(18)20(27)25(2)22(24)29)32(30,31)23-19(15-8-4-3-5-9-15)21(28)26-12-6-7-13-26/h3-5,8-11,14,19,23H,6-7,12-13H2,1-2H3/t19-/m1/s1. The summed E-state index contributed by atoms with van der Waals surface area (Å²) in [5.74, 6) is -0.309. The summed E-state index contributed by atoms with van der Waals surface area (Å²) in [5.41, 5.74) is -0.235. The second kappa shape index (κ2) is 8.36. The molecule has 32 heavy (non-hydrogen) atoms. The lowest BCUT2D eigenvalue weighted by molar-refractivity contribution is -0.132. The molecule has 1 N–H and O–H groups in total. The van der Waals surface area contributed by atoms with Crippen LogP contribution < -0.4 is 16.0 Å². The molecule has 1 amide bonds. The van der Waals surface area contributed by atoms with Gasteiger partial charge in [0, 0.05) is 27.2 Å². The summed E-state index contributed by atoms with van der Waals surface area (Å²) >= 11 is 0. The Kier molecular flexibility index (Phi) is 5.74. The van der Waals surface area contributed by atoms with Crippen molar-refractivity contribution in [2.75, 3.05) is 13.1 Å². The molecule has 2 aromatic carbocycles. The minimum Gasteiger partial charge on any atom is -0.341 e. The SMILES string of the molecule is Cn1c(=O)c2cc(S(=O)(=O)N[C@@H](C(=O)N3CCCC3)c3ccccc3)ccc2n(C)c1=O. The monoisotopic (exact) mass is 456 g/mol. The number of benzene rings is 2. The molecular formula is C22H24N4O5S. The maximum absolute atomic E-state index is 13.3. The first-order chi connectivity index (χ1) is 15.2. The van der Waals surface area contributed by atoms with Crippen LogP contribution in [0.3, 0.4) is 0 Å². The molecule has 0 saturated carbocycles. The molecule has 0 bridgehead atoms. The Hall–Kier alpha value is -3.24. The highest BCUT2D eigenvalue weighted by molar-refractivity contribution is 7.89. The highest BCUT2D eigenvalue weighted by Gasteiger charge is 2.32. The number of rotatable bonds is 5. The number of aromatic nitrogens is 2. The van der Waals surface area contributed by atoms with Gasteiger partial charge in [0.05, 0.1) is 15.8 Å². The molecule has 1 aromatic heterocycles. The maximum atomic E-state index is 13.3. The Morgan fingerprint density at radius 3 is 2.28 bits per heavy atom. The number of hydrogen-bond donors (Lipinski definition) is 1. The molecule has 4 rings (SSSR count). The molecule has 3 aromatic rings. The summed E-state index contributed by atoms with van der Waals surface area (Å²) in [6, 6.07) is 11.6. The third-order valence-corrected chi connectivity index (χ3v) is 7.24. The summed E-state index contributed by atoms with van der Waals surface area (Å²) in [7, 11) is -1.31. The molecular weight excluding hydrogens is 432 g/mol. The lowest BCUT2D eigenvalue weighted by Crippen LogP contribution is -2.42. The Morgan fingerprint density at radius 2 is 1.62 bits per heavy atom. The number of fused-ring (bicyclic) bond motifs is 1. The van der Waals surface area contributed by atoms with Crippen molar-refractivity contribution in [1.82, 2.24) is 18.8 Å². The van der Waals surface area contributed by atoms with Crippen LogP contribution in [0.1, 0.15) is 24.4 Å². The van der Waals surface area contributed by atoms with Crippen LogP contribution in [0.4, 0.5) is 0 Å². The molecule has 1 aliphatic rings. The number of aryl methyl sites for hydroxylation is 1. The fraction of sp³-hybridized carbons (Fsp3) is 0.318. The van der Waals surface area contributed by atoms with Gasteiger partial charge in [-0.2, -0.15) is 4.72 Å². The van der Waals surface area contributed by atoms with Crippen molar-refractivity contribution in [3.63, 3.8) is 0 Å². The summed E-state index contributed by atoms with van der Waals surface area (Å²) in [4.78, 5) is 39.4. The van der Waals surface area contributed by atoms with Crippen molar-refractivity contribution < 1.29 is 13.2 Å². The van der Waals surface area contributed by atoms with E-state index in [-0.39, 0.29) is 16.2 Å². The molecule has 1 fully saturated rings. The van der Waals surface area contributed by atoms with Crippen LogP contribution in [-0.4, -0.2) is 41.4 Å².